The fourth-order valence-corrected chi connectivity index (χ4v) is 1.22. The second-order valence-corrected chi connectivity index (χ2v) is 4.98. The molecule has 0 rings (SSSR count). The number of esters is 1. The zero-order valence-electron chi connectivity index (χ0n) is 11.1. The minimum atomic E-state index is -0.118. The molecule has 96 valence electrons. The van der Waals surface area contributed by atoms with Gasteiger partial charge in [0.2, 0.25) is 0 Å². The highest BCUT2D eigenvalue weighted by molar-refractivity contribution is 5.69. The van der Waals surface area contributed by atoms with Gasteiger partial charge < -0.3 is 15.4 Å². The first-order valence-electron chi connectivity index (χ1n) is 5.95. The van der Waals surface area contributed by atoms with Crippen molar-refractivity contribution in [2.24, 2.45) is 11.1 Å². The van der Waals surface area contributed by atoms with Gasteiger partial charge >= 0.3 is 5.97 Å². The summed E-state index contributed by atoms with van der Waals surface area (Å²) >= 11 is 0. The van der Waals surface area contributed by atoms with Crippen molar-refractivity contribution in [3.8, 4) is 0 Å². The van der Waals surface area contributed by atoms with E-state index in [1.165, 1.54) is 0 Å². The van der Waals surface area contributed by atoms with Crippen molar-refractivity contribution in [2.75, 3.05) is 33.3 Å². The highest BCUT2D eigenvalue weighted by atomic mass is 16.5. The molecular weight excluding hydrogens is 204 g/mol. The molecule has 0 atom stereocenters. The third kappa shape index (κ3) is 7.65. The molecule has 0 heterocycles. The third-order valence-electron chi connectivity index (χ3n) is 2.73. The minimum absolute atomic E-state index is 0.118. The Hall–Kier alpha value is -0.610. The van der Waals surface area contributed by atoms with Gasteiger partial charge in [0.25, 0.3) is 0 Å². The lowest BCUT2D eigenvalue weighted by Gasteiger charge is -2.25. The van der Waals surface area contributed by atoms with E-state index in [1.54, 1.807) is 0 Å². The van der Waals surface area contributed by atoms with E-state index < -0.39 is 0 Å². The van der Waals surface area contributed by atoms with Crippen LogP contribution in [0, 0.1) is 5.41 Å². The van der Waals surface area contributed by atoms with Gasteiger partial charge in [0.1, 0.15) is 0 Å². The normalized spacial score (nSPS) is 11.9. The average molecular weight is 230 g/mol. The van der Waals surface area contributed by atoms with Crippen LogP contribution in [-0.4, -0.2) is 44.2 Å². The van der Waals surface area contributed by atoms with E-state index in [0.717, 1.165) is 19.5 Å². The lowest BCUT2D eigenvalue weighted by molar-refractivity contribution is -0.143. The van der Waals surface area contributed by atoms with Crippen LogP contribution >= 0.6 is 0 Å². The van der Waals surface area contributed by atoms with Crippen molar-refractivity contribution < 1.29 is 9.53 Å². The number of carbonyl (C=O) groups is 1. The SMILES string of the molecule is CCOC(=O)CCN(C)CCC(C)(C)CN. The van der Waals surface area contributed by atoms with Gasteiger partial charge in [-0.15, -0.1) is 0 Å². The van der Waals surface area contributed by atoms with E-state index >= 15 is 0 Å². The largest absolute Gasteiger partial charge is 0.466 e. The maximum atomic E-state index is 11.1. The maximum Gasteiger partial charge on any atom is 0.307 e. The van der Waals surface area contributed by atoms with Gasteiger partial charge in [0.05, 0.1) is 13.0 Å². The summed E-state index contributed by atoms with van der Waals surface area (Å²) in [6, 6.07) is 0. The Kier molecular flexibility index (Phi) is 7.34. The molecule has 0 aliphatic heterocycles. The quantitative estimate of drug-likeness (QED) is 0.638. The molecule has 0 aromatic heterocycles. The summed E-state index contributed by atoms with van der Waals surface area (Å²) in [6.45, 7) is 9.01. The van der Waals surface area contributed by atoms with Crippen LogP contribution in [0.5, 0.6) is 0 Å². The van der Waals surface area contributed by atoms with Crippen LogP contribution < -0.4 is 5.73 Å². The Balaban J connectivity index is 3.66. The van der Waals surface area contributed by atoms with Crippen molar-refractivity contribution in [1.82, 2.24) is 4.90 Å². The Morgan fingerprint density at radius 3 is 2.50 bits per heavy atom. The summed E-state index contributed by atoms with van der Waals surface area (Å²) in [6.07, 6.45) is 1.51. The molecule has 0 aromatic rings. The molecule has 0 fully saturated rings. The first-order valence-corrected chi connectivity index (χ1v) is 5.95. The molecule has 0 unspecified atom stereocenters. The molecule has 4 nitrogen and oxygen atoms in total. The second kappa shape index (κ2) is 7.63. The molecule has 0 aliphatic rings. The van der Waals surface area contributed by atoms with Gasteiger partial charge in [-0.25, -0.2) is 0 Å². The molecule has 0 aromatic carbocycles. The smallest absolute Gasteiger partial charge is 0.307 e. The summed E-state index contributed by atoms with van der Waals surface area (Å²) < 4.78 is 4.87. The standard InChI is InChI=1S/C12H26N2O2/c1-5-16-11(15)6-8-14(4)9-7-12(2,3)10-13/h5-10,13H2,1-4H3. The van der Waals surface area contributed by atoms with Gasteiger partial charge in [-0.1, -0.05) is 13.8 Å². The number of hydrogen-bond donors (Lipinski definition) is 1. The van der Waals surface area contributed by atoms with Crippen molar-refractivity contribution in [1.29, 1.82) is 0 Å². The highest BCUT2D eigenvalue weighted by Crippen LogP contribution is 2.18. The van der Waals surface area contributed by atoms with Crippen molar-refractivity contribution in [2.45, 2.75) is 33.6 Å². The topological polar surface area (TPSA) is 55.6 Å². The number of carbonyl (C=O) groups excluding carboxylic acids is 1. The highest BCUT2D eigenvalue weighted by Gasteiger charge is 2.16. The number of nitrogens with zero attached hydrogens (tertiary/aromatic N) is 1. The van der Waals surface area contributed by atoms with E-state index in [4.69, 9.17) is 10.5 Å². The van der Waals surface area contributed by atoms with Gasteiger partial charge in [-0.2, -0.15) is 0 Å². The van der Waals surface area contributed by atoms with Crippen LogP contribution in [0.3, 0.4) is 0 Å². The Labute approximate surface area is 99.1 Å². The van der Waals surface area contributed by atoms with Crippen LogP contribution in [-0.2, 0) is 9.53 Å². The molecule has 0 aliphatic carbocycles. The van der Waals surface area contributed by atoms with Gasteiger partial charge in [0.15, 0.2) is 0 Å². The van der Waals surface area contributed by atoms with Gasteiger partial charge in [0, 0.05) is 6.54 Å². The first kappa shape index (κ1) is 15.4. The Bertz CT molecular complexity index is 205. The fraction of sp³-hybridized carbons (Fsp3) is 0.917. The van der Waals surface area contributed by atoms with Crippen molar-refractivity contribution in [3.63, 3.8) is 0 Å². The number of hydrogen-bond acceptors (Lipinski definition) is 4. The second-order valence-electron chi connectivity index (χ2n) is 4.98. The first-order chi connectivity index (χ1) is 7.41. The molecule has 2 N–H and O–H groups in total. The van der Waals surface area contributed by atoms with E-state index in [9.17, 15) is 4.79 Å². The predicted molar refractivity (Wildman–Crippen MR) is 66.2 cm³/mol. The average Bonchev–Trinajstić information content (AvgIpc) is 2.24. The molecule has 0 spiro atoms. The molecule has 16 heavy (non-hydrogen) atoms. The van der Waals surface area contributed by atoms with Crippen molar-refractivity contribution in [3.05, 3.63) is 0 Å². The van der Waals surface area contributed by atoms with Crippen LogP contribution in [0.4, 0.5) is 0 Å². The number of rotatable bonds is 8. The summed E-state index contributed by atoms with van der Waals surface area (Å²) in [5, 5.41) is 0. The molecule has 0 amide bonds. The van der Waals surface area contributed by atoms with Crippen molar-refractivity contribution >= 4 is 5.97 Å². The molecule has 0 saturated heterocycles. The lowest BCUT2D eigenvalue weighted by Crippen LogP contribution is -2.31. The molecule has 0 radical (unpaired) electrons. The summed E-state index contributed by atoms with van der Waals surface area (Å²) in [4.78, 5) is 13.3. The van der Waals surface area contributed by atoms with E-state index in [-0.39, 0.29) is 11.4 Å². The van der Waals surface area contributed by atoms with Crippen LogP contribution in [0.1, 0.15) is 33.6 Å². The van der Waals surface area contributed by atoms with Crippen LogP contribution in [0.15, 0.2) is 0 Å². The Morgan fingerprint density at radius 1 is 1.38 bits per heavy atom. The van der Waals surface area contributed by atoms with E-state index in [2.05, 4.69) is 18.7 Å². The van der Waals surface area contributed by atoms with Gasteiger partial charge in [-0.05, 0) is 38.9 Å². The third-order valence-corrected chi connectivity index (χ3v) is 2.73. The maximum absolute atomic E-state index is 11.1. The monoisotopic (exact) mass is 230 g/mol. The lowest BCUT2D eigenvalue weighted by atomic mass is 9.89. The zero-order valence-corrected chi connectivity index (χ0v) is 11.1. The van der Waals surface area contributed by atoms with Crippen LogP contribution in [0.2, 0.25) is 0 Å². The summed E-state index contributed by atoms with van der Waals surface area (Å²) in [5.74, 6) is -0.118. The van der Waals surface area contributed by atoms with Gasteiger partial charge in [-0.3, -0.25) is 4.79 Å². The predicted octanol–water partition coefficient (Wildman–Crippen LogP) is 1.25. The molecule has 0 saturated carbocycles. The molecular formula is C12H26N2O2. The number of ether oxygens (including phenoxy) is 1. The summed E-state index contributed by atoms with van der Waals surface area (Å²) in [7, 11) is 2.02. The zero-order chi connectivity index (χ0) is 12.6. The van der Waals surface area contributed by atoms with E-state index in [0.29, 0.717) is 19.6 Å². The van der Waals surface area contributed by atoms with Crippen LogP contribution in [0.25, 0.3) is 0 Å². The van der Waals surface area contributed by atoms with E-state index in [1.807, 2.05) is 14.0 Å². The molecule has 4 heteroatoms. The number of nitrogens with two attached hydrogens (primary N) is 1. The Morgan fingerprint density at radius 2 is 2.00 bits per heavy atom. The fourth-order valence-electron chi connectivity index (χ4n) is 1.22. The summed E-state index contributed by atoms with van der Waals surface area (Å²) in [5.41, 5.74) is 5.84. The minimum Gasteiger partial charge on any atom is -0.466 e. The molecule has 0 bridgehead atoms.